The molecule has 1 amide bonds. The maximum absolute atomic E-state index is 12.4. The van der Waals surface area contributed by atoms with Crippen molar-refractivity contribution in [2.45, 2.75) is 32.1 Å². The number of pyridine rings is 1. The van der Waals surface area contributed by atoms with E-state index in [4.69, 9.17) is 0 Å². The molecule has 122 valence electrons. The number of aromatic nitrogens is 1. The van der Waals surface area contributed by atoms with Crippen molar-refractivity contribution >= 4 is 16.8 Å². The SMILES string of the molecule is N#CC1(C(=O)N2CCC(Cc3ccc4ncccc4c3)CC2)CC1. The zero-order valence-electron chi connectivity index (χ0n) is 13.7. The average molecular weight is 319 g/mol. The molecule has 4 heteroatoms. The largest absolute Gasteiger partial charge is 0.341 e. The predicted molar refractivity (Wildman–Crippen MR) is 92.0 cm³/mol. The Morgan fingerprint density at radius 3 is 2.79 bits per heavy atom. The molecule has 0 atom stereocenters. The number of piperidine rings is 1. The van der Waals surface area contributed by atoms with Crippen LogP contribution in [0.3, 0.4) is 0 Å². The van der Waals surface area contributed by atoms with Crippen LogP contribution in [0.25, 0.3) is 10.9 Å². The summed E-state index contributed by atoms with van der Waals surface area (Å²) in [6.45, 7) is 1.59. The molecule has 1 aliphatic carbocycles. The standard InChI is InChI=1S/C20H21N3O/c21-14-20(7-8-20)19(24)23-10-5-15(6-11-23)12-16-3-4-18-17(13-16)2-1-9-22-18/h1-4,9,13,15H,5-8,10-12H2. The van der Waals surface area contributed by atoms with E-state index in [-0.39, 0.29) is 5.91 Å². The van der Waals surface area contributed by atoms with Crippen molar-refractivity contribution in [2.24, 2.45) is 11.3 Å². The second kappa shape index (κ2) is 5.90. The summed E-state index contributed by atoms with van der Waals surface area (Å²) < 4.78 is 0. The number of nitriles is 1. The molecular weight excluding hydrogens is 298 g/mol. The van der Waals surface area contributed by atoms with E-state index in [9.17, 15) is 10.1 Å². The van der Waals surface area contributed by atoms with Gasteiger partial charge in [0.1, 0.15) is 5.41 Å². The lowest BCUT2D eigenvalue weighted by atomic mass is 9.89. The van der Waals surface area contributed by atoms with Crippen molar-refractivity contribution in [3.05, 3.63) is 42.1 Å². The third-order valence-corrected chi connectivity index (χ3v) is 5.47. The molecule has 2 heterocycles. The van der Waals surface area contributed by atoms with E-state index < -0.39 is 5.41 Å². The number of nitrogens with zero attached hydrogens (tertiary/aromatic N) is 3. The van der Waals surface area contributed by atoms with Crippen molar-refractivity contribution in [1.82, 2.24) is 9.88 Å². The summed E-state index contributed by atoms with van der Waals surface area (Å²) in [6, 6.07) is 12.8. The van der Waals surface area contributed by atoms with Gasteiger partial charge in [0.15, 0.2) is 0 Å². The zero-order chi connectivity index (χ0) is 16.6. The Morgan fingerprint density at radius 2 is 2.08 bits per heavy atom. The van der Waals surface area contributed by atoms with Gasteiger partial charge < -0.3 is 4.90 Å². The van der Waals surface area contributed by atoms with E-state index in [1.54, 1.807) is 0 Å². The topological polar surface area (TPSA) is 57.0 Å². The number of hydrogen-bond donors (Lipinski definition) is 0. The molecular formula is C20H21N3O. The molecule has 1 saturated carbocycles. The van der Waals surface area contributed by atoms with Gasteiger partial charge in [-0.1, -0.05) is 12.1 Å². The van der Waals surface area contributed by atoms with Crippen LogP contribution in [0.5, 0.6) is 0 Å². The van der Waals surface area contributed by atoms with Gasteiger partial charge in [-0.3, -0.25) is 9.78 Å². The summed E-state index contributed by atoms with van der Waals surface area (Å²) in [5.74, 6) is 0.681. The number of amides is 1. The maximum atomic E-state index is 12.4. The highest BCUT2D eigenvalue weighted by Gasteiger charge is 2.52. The number of likely N-dealkylation sites (tertiary alicyclic amines) is 1. The molecule has 1 saturated heterocycles. The Morgan fingerprint density at radius 1 is 1.29 bits per heavy atom. The summed E-state index contributed by atoms with van der Waals surface area (Å²) in [6.07, 6.45) is 6.41. The molecule has 4 rings (SSSR count). The van der Waals surface area contributed by atoms with Gasteiger partial charge in [0, 0.05) is 24.7 Å². The lowest BCUT2D eigenvalue weighted by molar-refractivity contribution is -0.136. The second-order valence-corrected chi connectivity index (χ2v) is 7.16. The molecule has 0 radical (unpaired) electrons. The van der Waals surface area contributed by atoms with Gasteiger partial charge in [0.2, 0.25) is 5.91 Å². The molecule has 24 heavy (non-hydrogen) atoms. The van der Waals surface area contributed by atoms with Crippen LogP contribution in [-0.2, 0) is 11.2 Å². The van der Waals surface area contributed by atoms with E-state index in [2.05, 4.69) is 35.3 Å². The summed E-state index contributed by atoms with van der Waals surface area (Å²) in [5, 5.41) is 10.4. The molecule has 2 fully saturated rings. The quantitative estimate of drug-likeness (QED) is 0.872. The number of carbonyl (C=O) groups excluding carboxylic acids is 1. The Hall–Kier alpha value is -2.41. The Balaban J connectivity index is 1.37. The molecule has 0 bridgehead atoms. The first-order valence-corrected chi connectivity index (χ1v) is 8.74. The molecule has 2 aromatic rings. The third-order valence-electron chi connectivity index (χ3n) is 5.47. The molecule has 0 N–H and O–H groups in total. The van der Waals surface area contributed by atoms with E-state index in [1.165, 1.54) is 10.9 Å². The fourth-order valence-corrected chi connectivity index (χ4v) is 3.73. The van der Waals surface area contributed by atoms with E-state index >= 15 is 0 Å². The molecule has 0 unspecified atom stereocenters. The van der Waals surface area contributed by atoms with Gasteiger partial charge in [0.05, 0.1) is 11.6 Å². The van der Waals surface area contributed by atoms with Crippen molar-refractivity contribution in [2.75, 3.05) is 13.1 Å². The highest BCUT2D eigenvalue weighted by Crippen LogP contribution is 2.47. The first kappa shape index (κ1) is 15.1. The Labute approximate surface area is 142 Å². The van der Waals surface area contributed by atoms with Crippen LogP contribution in [0, 0.1) is 22.7 Å². The predicted octanol–water partition coefficient (Wildman–Crippen LogP) is 3.32. The fourth-order valence-electron chi connectivity index (χ4n) is 3.73. The number of carbonyl (C=O) groups is 1. The molecule has 4 nitrogen and oxygen atoms in total. The lowest BCUT2D eigenvalue weighted by Gasteiger charge is -2.33. The second-order valence-electron chi connectivity index (χ2n) is 7.16. The minimum atomic E-state index is -0.668. The summed E-state index contributed by atoms with van der Waals surface area (Å²) in [7, 11) is 0. The molecule has 1 aromatic carbocycles. The Bertz CT molecular complexity index is 811. The van der Waals surface area contributed by atoms with Crippen LogP contribution in [0.2, 0.25) is 0 Å². The Kier molecular flexibility index (Phi) is 3.72. The van der Waals surface area contributed by atoms with Gasteiger partial charge in [-0.25, -0.2) is 0 Å². The number of fused-ring (bicyclic) bond motifs is 1. The molecule has 2 aliphatic rings. The fraction of sp³-hybridized carbons (Fsp3) is 0.450. The van der Waals surface area contributed by atoms with E-state index in [1.807, 2.05) is 17.2 Å². The van der Waals surface area contributed by atoms with Gasteiger partial charge >= 0.3 is 0 Å². The third kappa shape index (κ3) is 2.75. The summed E-state index contributed by atoms with van der Waals surface area (Å²) >= 11 is 0. The van der Waals surface area contributed by atoms with Crippen molar-refractivity contribution in [1.29, 1.82) is 5.26 Å². The molecule has 1 aromatic heterocycles. The number of rotatable bonds is 3. The monoisotopic (exact) mass is 319 g/mol. The van der Waals surface area contributed by atoms with Crippen LogP contribution in [0.15, 0.2) is 36.5 Å². The van der Waals surface area contributed by atoms with Crippen LogP contribution in [0.4, 0.5) is 0 Å². The maximum Gasteiger partial charge on any atom is 0.243 e. The first-order valence-electron chi connectivity index (χ1n) is 8.74. The summed E-state index contributed by atoms with van der Waals surface area (Å²) in [5.41, 5.74) is 1.71. The molecule has 1 aliphatic heterocycles. The van der Waals surface area contributed by atoms with Gasteiger partial charge in [0.25, 0.3) is 0 Å². The van der Waals surface area contributed by atoms with Gasteiger partial charge in [-0.15, -0.1) is 0 Å². The van der Waals surface area contributed by atoms with Crippen LogP contribution in [0.1, 0.15) is 31.2 Å². The van der Waals surface area contributed by atoms with Gasteiger partial charge in [-0.2, -0.15) is 5.26 Å². The van der Waals surface area contributed by atoms with Crippen LogP contribution in [-0.4, -0.2) is 28.9 Å². The number of benzene rings is 1. The zero-order valence-corrected chi connectivity index (χ0v) is 13.7. The summed E-state index contributed by atoms with van der Waals surface area (Å²) in [4.78, 5) is 18.7. The van der Waals surface area contributed by atoms with Crippen LogP contribution >= 0.6 is 0 Å². The highest BCUT2D eigenvalue weighted by molar-refractivity contribution is 5.88. The normalized spacial score (nSPS) is 19.9. The number of hydrogen-bond acceptors (Lipinski definition) is 3. The average Bonchev–Trinajstić information content (AvgIpc) is 3.43. The van der Waals surface area contributed by atoms with Crippen molar-refractivity contribution < 1.29 is 4.79 Å². The van der Waals surface area contributed by atoms with Crippen molar-refractivity contribution in [3.63, 3.8) is 0 Å². The molecule has 0 spiro atoms. The minimum Gasteiger partial charge on any atom is -0.341 e. The first-order chi connectivity index (χ1) is 11.7. The van der Waals surface area contributed by atoms with Crippen LogP contribution < -0.4 is 0 Å². The smallest absolute Gasteiger partial charge is 0.243 e. The van der Waals surface area contributed by atoms with Crippen molar-refractivity contribution in [3.8, 4) is 6.07 Å². The van der Waals surface area contributed by atoms with E-state index in [0.29, 0.717) is 5.92 Å². The minimum absolute atomic E-state index is 0.0697. The highest BCUT2D eigenvalue weighted by atomic mass is 16.2. The van der Waals surface area contributed by atoms with E-state index in [0.717, 1.165) is 50.7 Å². The van der Waals surface area contributed by atoms with Gasteiger partial charge in [-0.05, 0) is 61.8 Å². The lowest BCUT2D eigenvalue weighted by Crippen LogP contribution is -2.42.